The number of carbonyl (C=O) groups is 2. The molecular weight excluding hydrogens is 218 g/mol. The zero-order valence-electron chi connectivity index (χ0n) is 10.9. The number of ketones is 1. The highest BCUT2D eigenvalue weighted by molar-refractivity contribution is 5.80. The Hall–Kier alpha value is -1.06. The summed E-state index contributed by atoms with van der Waals surface area (Å²) in [5.41, 5.74) is -0.445. The van der Waals surface area contributed by atoms with E-state index in [9.17, 15) is 9.59 Å². The van der Waals surface area contributed by atoms with Crippen LogP contribution in [0.15, 0.2) is 0 Å². The second-order valence-electron chi connectivity index (χ2n) is 6.07. The van der Waals surface area contributed by atoms with Crippen LogP contribution in [-0.2, 0) is 9.53 Å². The predicted octanol–water partition coefficient (Wildman–Crippen LogP) is 2.37. The van der Waals surface area contributed by atoms with Gasteiger partial charge in [-0.3, -0.25) is 4.79 Å². The molecule has 1 heterocycles. The monoisotopic (exact) mass is 239 g/mol. The van der Waals surface area contributed by atoms with Gasteiger partial charge >= 0.3 is 6.09 Å². The molecule has 4 nitrogen and oxygen atoms in total. The molecule has 17 heavy (non-hydrogen) atoms. The highest BCUT2D eigenvalue weighted by Gasteiger charge is 2.41. The molecule has 2 unspecified atom stereocenters. The second-order valence-corrected chi connectivity index (χ2v) is 6.07. The van der Waals surface area contributed by atoms with Crippen LogP contribution in [0.2, 0.25) is 0 Å². The summed E-state index contributed by atoms with van der Waals surface area (Å²) in [7, 11) is 0. The summed E-state index contributed by atoms with van der Waals surface area (Å²) in [5, 5.41) is 0. The molecule has 0 bridgehead atoms. The van der Waals surface area contributed by atoms with E-state index in [2.05, 4.69) is 0 Å². The second kappa shape index (κ2) is 4.31. The molecule has 2 rings (SSSR count). The minimum atomic E-state index is -0.445. The van der Waals surface area contributed by atoms with Crippen LogP contribution in [-0.4, -0.2) is 35.0 Å². The largest absolute Gasteiger partial charge is 0.444 e. The normalized spacial score (nSPS) is 29.1. The van der Waals surface area contributed by atoms with E-state index in [0.29, 0.717) is 24.5 Å². The summed E-state index contributed by atoms with van der Waals surface area (Å²) in [6, 6.07) is 0.225. The van der Waals surface area contributed by atoms with Gasteiger partial charge in [-0.05, 0) is 39.5 Å². The maximum Gasteiger partial charge on any atom is 0.410 e. The predicted molar refractivity (Wildman–Crippen MR) is 63.7 cm³/mol. The number of hydrogen-bond acceptors (Lipinski definition) is 3. The molecule has 1 aliphatic carbocycles. The number of Topliss-reactive ketones (excluding diaryl/α,β-unsaturated/α-hetero) is 1. The van der Waals surface area contributed by atoms with E-state index in [1.165, 1.54) is 0 Å². The fourth-order valence-electron chi connectivity index (χ4n) is 2.80. The van der Waals surface area contributed by atoms with Gasteiger partial charge in [-0.2, -0.15) is 0 Å². The lowest BCUT2D eigenvalue weighted by Gasteiger charge is -2.32. The van der Waals surface area contributed by atoms with Crippen LogP contribution in [0.5, 0.6) is 0 Å². The van der Waals surface area contributed by atoms with Crippen molar-refractivity contribution in [3.63, 3.8) is 0 Å². The lowest BCUT2D eigenvalue weighted by atomic mass is 9.84. The third-order valence-corrected chi connectivity index (χ3v) is 3.52. The van der Waals surface area contributed by atoms with E-state index in [0.717, 1.165) is 19.4 Å². The first-order valence-corrected chi connectivity index (χ1v) is 6.38. The molecule has 2 atom stereocenters. The van der Waals surface area contributed by atoms with Gasteiger partial charge in [0.25, 0.3) is 0 Å². The number of likely N-dealkylation sites (tertiary alicyclic amines) is 1. The molecule has 0 radical (unpaired) electrons. The van der Waals surface area contributed by atoms with Crippen molar-refractivity contribution in [3.05, 3.63) is 0 Å². The number of hydrogen-bond donors (Lipinski definition) is 0. The Morgan fingerprint density at radius 2 is 2.06 bits per heavy atom. The van der Waals surface area contributed by atoms with Crippen molar-refractivity contribution in [2.45, 2.75) is 58.1 Å². The van der Waals surface area contributed by atoms with Crippen LogP contribution in [0.4, 0.5) is 4.79 Å². The van der Waals surface area contributed by atoms with Gasteiger partial charge in [-0.15, -0.1) is 0 Å². The maximum atomic E-state index is 12.0. The van der Waals surface area contributed by atoms with Crippen molar-refractivity contribution in [1.82, 2.24) is 4.90 Å². The van der Waals surface area contributed by atoms with E-state index in [1.807, 2.05) is 25.7 Å². The average Bonchev–Trinajstić information content (AvgIpc) is 2.57. The first-order valence-electron chi connectivity index (χ1n) is 6.38. The Balaban J connectivity index is 1.99. The fourth-order valence-corrected chi connectivity index (χ4v) is 2.80. The lowest BCUT2D eigenvalue weighted by molar-refractivity contribution is -0.122. The summed E-state index contributed by atoms with van der Waals surface area (Å²) in [4.78, 5) is 25.2. The van der Waals surface area contributed by atoms with Crippen LogP contribution >= 0.6 is 0 Å². The molecule has 96 valence electrons. The fraction of sp³-hybridized carbons (Fsp3) is 0.846. The minimum Gasteiger partial charge on any atom is -0.444 e. The average molecular weight is 239 g/mol. The summed E-state index contributed by atoms with van der Waals surface area (Å²) in [5.74, 6) is 0.709. The van der Waals surface area contributed by atoms with Crippen LogP contribution in [0.25, 0.3) is 0 Å². The van der Waals surface area contributed by atoms with Crippen LogP contribution in [0.1, 0.15) is 46.5 Å². The van der Waals surface area contributed by atoms with Crippen molar-refractivity contribution < 1.29 is 14.3 Å². The summed E-state index contributed by atoms with van der Waals surface area (Å²) in [6.07, 6.45) is 2.78. The highest BCUT2D eigenvalue weighted by atomic mass is 16.6. The van der Waals surface area contributed by atoms with Crippen LogP contribution < -0.4 is 0 Å². The topological polar surface area (TPSA) is 46.6 Å². The Bertz CT molecular complexity index is 332. The van der Waals surface area contributed by atoms with E-state index in [-0.39, 0.29) is 12.1 Å². The van der Waals surface area contributed by atoms with Gasteiger partial charge in [0.1, 0.15) is 11.4 Å². The van der Waals surface area contributed by atoms with E-state index >= 15 is 0 Å². The molecule has 1 saturated carbocycles. The molecule has 0 aromatic rings. The Morgan fingerprint density at radius 3 is 2.71 bits per heavy atom. The summed E-state index contributed by atoms with van der Waals surface area (Å²) in [6.45, 7) is 6.37. The maximum absolute atomic E-state index is 12.0. The molecule has 2 fully saturated rings. The molecule has 0 aromatic carbocycles. The number of rotatable bonds is 0. The molecule has 1 saturated heterocycles. The first kappa shape index (κ1) is 12.4. The van der Waals surface area contributed by atoms with Gasteiger partial charge in [0, 0.05) is 25.4 Å². The van der Waals surface area contributed by atoms with Gasteiger partial charge in [0.15, 0.2) is 0 Å². The van der Waals surface area contributed by atoms with Crippen molar-refractivity contribution in [2.75, 3.05) is 6.54 Å². The van der Waals surface area contributed by atoms with Gasteiger partial charge in [0.05, 0.1) is 0 Å². The van der Waals surface area contributed by atoms with E-state index in [1.54, 1.807) is 0 Å². The zero-order valence-corrected chi connectivity index (χ0v) is 10.9. The SMILES string of the molecule is CC(C)(C)OC(=O)N1CCC2CC(=O)CCC21. The molecule has 0 aromatic heterocycles. The van der Waals surface area contributed by atoms with Crippen molar-refractivity contribution in [1.29, 1.82) is 0 Å². The molecule has 0 spiro atoms. The third kappa shape index (κ3) is 2.79. The minimum absolute atomic E-state index is 0.223. The Kier molecular flexibility index (Phi) is 3.15. The van der Waals surface area contributed by atoms with Crippen LogP contribution in [0.3, 0.4) is 0 Å². The van der Waals surface area contributed by atoms with Gasteiger partial charge < -0.3 is 9.64 Å². The van der Waals surface area contributed by atoms with Gasteiger partial charge in [0.2, 0.25) is 0 Å². The van der Waals surface area contributed by atoms with Gasteiger partial charge in [-0.1, -0.05) is 0 Å². The number of ether oxygens (including phenoxy) is 1. The number of carbonyl (C=O) groups excluding carboxylic acids is 2. The van der Waals surface area contributed by atoms with Crippen LogP contribution in [0, 0.1) is 5.92 Å². The Morgan fingerprint density at radius 1 is 1.35 bits per heavy atom. The molecule has 1 aliphatic heterocycles. The smallest absolute Gasteiger partial charge is 0.410 e. The van der Waals surface area contributed by atoms with Crippen molar-refractivity contribution >= 4 is 11.9 Å². The number of amides is 1. The zero-order chi connectivity index (χ0) is 12.6. The van der Waals surface area contributed by atoms with Crippen molar-refractivity contribution in [3.8, 4) is 0 Å². The quantitative estimate of drug-likeness (QED) is 0.652. The number of nitrogens with zero attached hydrogens (tertiary/aromatic N) is 1. The summed E-state index contributed by atoms with van der Waals surface area (Å²) < 4.78 is 5.40. The Labute approximate surface area is 102 Å². The molecule has 4 heteroatoms. The third-order valence-electron chi connectivity index (χ3n) is 3.52. The lowest BCUT2D eigenvalue weighted by Crippen LogP contribution is -2.43. The van der Waals surface area contributed by atoms with Crippen molar-refractivity contribution in [2.24, 2.45) is 5.92 Å². The summed E-state index contributed by atoms with van der Waals surface area (Å²) >= 11 is 0. The van der Waals surface area contributed by atoms with Gasteiger partial charge in [-0.25, -0.2) is 4.79 Å². The molecule has 2 aliphatic rings. The molecular formula is C13H21NO3. The highest BCUT2D eigenvalue weighted by Crippen LogP contribution is 2.35. The van der Waals surface area contributed by atoms with E-state index < -0.39 is 5.60 Å². The molecule has 0 N–H and O–H groups in total. The first-order chi connectivity index (χ1) is 7.87. The number of fused-ring (bicyclic) bond motifs is 1. The van der Waals surface area contributed by atoms with E-state index in [4.69, 9.17) is 4.74 Å². The standard InChI is InChI=1S/C13H21NO3/c1-13(2,3)17-12(16)14-7-6-9-8-10(15)4-5-11(9)14/h9,11H,4-8H2,1-3H3. The molecule has 1 amide bonds.